The molecule has 1 unspecified atom stereocenters. The predicted molar refractivity (Wildman–Crippen MR) is 63.4 cm³/mol. The number of carbonyl (C=O) groups is 1. The van der Waals surface area contributed by atoms with Gasteiger partial charge in [-0.25, -0.2) is 0 Å². The number of hydrogen-bond donors (Lipinski definition) is 2. The highest BCUT2D eigenvalue weighted by atomic mass is 32.2. The van der Waals surface area contributed by atoms with Crippen molar-refractivity contribution in [1.29, 1.82) is 0 Å². The third-order valence-electron chi connectivity index (χ3n) is 1.98. The molecular formula is C10H22N2OS. The lowest BCUT2D eigenvalue weighted by Gasteiger charge is -2.19. The van der Waals surface area contributed by atoms with Crippen LogP contribution in [0.5, 0.6) is 0 Å². The lowest BCUT2D eigenvalue weighted by Crippen LogP contribution is -2.47. The van der Waals surface area contributed by atoms with Gasteiger partial charge in [-0.05, 0) is 18.6 Å². The normalized spacial score (nSPS) is 15.3. The van der Waals surface area contributed by atoms with Crippen molar-refractivity contribution in [2.24, 2.45) is 11.7 Å². The van der Waals surface area contributed by atoms with Crippen molar-refractivity contribution in [3.05, 3.63) is 0 Å². The summed E-state index contributed by atoms with van der Waals surface area (Å²) in [5.74, 6) is 2.19. The van der Waals surface area contributed by atoms with Crippen LogP contribution in [-0.2, 0) is 4.79 Å². The molecule has 0 saturated carbocycles. The first kappa shape index (κ1) is 13.8. The number of nitrogens with one attached hydrogen (secondary N) is 1. The van der Waals surface area contributed by atoms with Crippen molar-refractivity contribution in [2.75, 3.05) is 11.5 Å². The second-order valence-electron chi connectivity index (χ2n) is 3.84. The highest BCUT2D eigenvalue weighted by Gasteiger charge is 2.18. The fraction of sp³-hybridized carbons (Fsp3) is 0.900. The second kappa shape index (κ2) is 7.12. The van der Waals surface area contributed by atoms with Gasteiger partial charge in [-0.2, -0.15) is 11.8 Å². The second-order valence-corrected chi connectivity index (χ2v) is 5.16. The minimum atomic E-state index is -0.385. The minimum absolute atomic E-state index is 0.0378. The van der Waals surface area contributed by atoms with Gasteiger partial charge in [-0.15, -0.1) is 0 Å². The summed E-state index contributed by atoms with van der Waals surface area (Å²) < 4.78 is 0. The van der Waals surface area contributed by atoms with E-state index in [9.17, 15) is 4.79 Å². The third-order valence-corrected chi connectivity index (χ3v) is 3.13. The van der Waals surface area contributed by atoms with E-state index in [1.165, 1.54) is 0 Å². The molecule has 14 heavy (non-hydrogen) atoms. The molecule has 0 fully saturated rings. The van der Waals surface area contributed by atoms with Gasteiger partial charge in [-0.1, -0.05) is 20.8 Å². The summed E-state index contributed by atoms with van der Waals surface area (Å²) >= 11 is 1.82. The Labute approximate surface area is 91.2 Å². The van der Waals surface area contributed by atoms with E-state index in [0.29, 0.717) is 0 Å². The van der Waals surface area contributed by atoms with E-state index in [4.69, 9.17) is 5.73 Å². The average molecular weight is 218 g/mol. The number of rotatable bonds is 6. The number of nitrogens with two attached hydrogens (primary N) is 1. The lowest BCUT2D eigenvalue weighted by molar-refractivity contribution is -0.123. The molecule has 3 nitrogen and oxygen atoms in total. The molecule has 0 radical (unpaired) electrons. The highest BCUT2D eigenvalue weighted by molar-refractivity contribution is 7.99. The molecule has 0 bridgehead atoms. The Morgan fingerprint density at radius 1 is 1.43 bits per heavy atom. The predicted octanol–water partition coefficient (Wildman–Crippen LogP) is 1.23. The SMILES string of the molecule is CCSCC(C)NC(=O)[C@H](N)C(C)C. The molecule has 0 aliphatic rings. The van der Waals surface area contributed by atoms with Crippen LogP contribution in [0, 0.1) is 5.92 Å². The quantitative estimate of drug-likeness (QED) is 0.705. The molecule has 0 saturated heterocycles. The Morgan fingerprint density at radius 2 is 2.00 bits per heavy atom. The molecule has 3 N–H and O–H groups in total. The molecular weight excluding hydrogens is 196 g/mol. The van der Waals surface area contributed by atoms with Crippen LogP contribution >= 0.6 is 11.8 Å². The van der Waals surface area contributed by atoms with Crippen molar-refractivity contribution in [3.63, 3.8) is 0 Å². The number of hydrogen-bond acceptors (Lipinski definition) is 3. The summed E-state index contributed by atoms with van der Waals surface area (Å²) in [7, 11) is 0. The van der Waals surface area contributed by atoms with Crippen LogP contribution in [0.15, 0.2) is 0 Å². The zero-order valence-electron chi connectivity index (χ0n) is 9.54. The number of thioether (sulfide) groups is 1. The smallest absolute Gasteiger partial charge is 0.237 e. The largest absolute Gasteiger partial charge is 0.351 e. The van der Waals surface area contributed by atoms with Crippen LogP contribution in [0.3, 0.4) is 0 Å². The molecule has 0 aromatic carbocycles. The Bertz CT molecular complexity index is 174. The van der Waals surface area contributed by atoms with E-state index >= 15 is 0 Å². The topological polar surface area (TPSA) is 55.1 Å². The van der Waals surface area contributed by atoms with Crippen molar-refractivity contribution >= 4 is 17.7 Å². The van der Waals surface area contributed by atoms with Crippen molar-refractivity contribution in [2.45, 2.75) is 39.8 Å². The van der Waals surface area contributed by atoms with Crippen molar-refractivity contribution in [3.8, 4) is 0 Å². The average Bonchev–Trinajstić information content (AvgIpc) is 2.13. The standard InChI is InChI=1S/C10H22N2OS/c1-5-14-6-8(4)12-10(13)9(11)7(2)3/h7-9H,5-6,11H2,1-4H3,(H,12,13)/t8?,9-/m1/s1. The van der Waals surface area contributed by atoms with Gasteiger partial charge in [0.25, 0.3) is 0 Å². The number of amides is 1. The van der Waals surface area contributed by atoms with Crippen LogP contribution in [0.1, 0.15) is 27.7 Å². The van der Waals surface area contributed by atoms with Gasteiger partial charge in [0.15, 0.2) is 0 Å². The van der Waals surface area contributed by atoms with Gasteiger partial charge in [0.1, 0.15) is 0 Å². The van der Waals surface area contributed by atoms with Crippen LogP contribution in [0.4, 0.5) is 0 Å². The summed E-state index contributed by atoms with van der Waals surface area (Å²) in [6.07, 6.45) is 0. The monoisotopic (exact) mass is 218 g/mol. The van der Waals surface area contributed by atoms with E-state index in [0.717, 1.165) is 11.5 Å². The first-order valence-corrected chi connectivity index (χ1v) is 6.28. The summed E-state index contributed by atoms with van der Waals surface area (Å²) in [4.78, 5) is 11.5. The van der Waals surface area contributed by atoms with E-state index in [1.54, 1.807) is 0 Å². The fourth-order valence-corrected chi connectivity index (χ4v) is 1.65. The highest BCUT2D eigenvalue weighted by Crippen LogP contribution is 2.03. The van der Waals surface area contributed by atoms with E-state index in [-0.39, 0.29) is 23.9 Å². The van der Waals surface area contributed by atoms with Crippen LogP contribution in [0.25, 0.3) is 0 Å². The molecule has 0 heterocycles. The molecule has 0 aromatic rings. The third kappa shape index (κ3) is 5.50. The van der Waals surface area contributed by atoms with E-state index < -0.39 is 0 Å². The maximum absolute atomic E-state index is 11.5. The zero-order valence-corrected chi connectivity index (χ0v) is 10.4. The maximum atomic E-state index is 11.5. The molecule has 2 atom stereocenters. The Kier molecular flexibility index (Phi) is 7.01. The summed E-state index contributed by atoms with van der Waals surface area (Å²) in [6, 6.07) is -0.179. The minimum Gasteiger partial charge on any atom is -0.351 e. The Balaban J connectivity index is 3.81. The summed E-state index contributed by atoms with van der Waals surface area (Å²) in [6.45, 7) is 8.03. The first-order chi connectivity index (χ1) is 6.49. The van der Waals surface area contributed by atoms with E-state index in [2.05, 4.69) is 12.2 Å². The lowest BCUT2D eigenvalue weighted by atomic mass is 10.0. The molecule has 1 amide bonds. The Morgan fingerprint density at radius 3 is 2.43 bits per heavy atom. The van der Waals surface area contributed by atoms with Crippen molar-refractivity contribution < 1.29 is 4.79 Å². The molecule has 0 rings (SSSR count). The molecule has 84 valence electrons. The van der Waals surface area contributed by atoms with Crippen LogP contribution < -0.4 is 11.1 Å². The zero-order chi connectivity index (χ0) is 11.1. The van der Waals surface area contributed by atoms with Crippen LogP contribution in [-0.4, -0.2) is 29.5 Å². The van der Waals surface area contributed by atoms with Crippen LogP contribution in [0.2, 0.25) is 0 Å². The molecule has 0 aliphatic heterocycles. The van der Waals surface area contributed by atoms with Gasteiger partial charge < -0.3 is 11.1 Å². The molecule has 0 aliphatic carbocycles. The van der Waals surface area contributed by atoms with Crippen molar-refractivity contribution in [1.82, 2.24) is 5.32 Å². The summed E-state index contributed by atoms with van der Waals surface area (Å²) in [5.41, 5.74) is 5.72. The van der Waals surface area contributed by atoms with Gasteiger partial charge >= 0.3 is 0 Å². The molecule has 0 aromatic heterocycles. The maximum Gasteiger partial charge on any atom is 0.237 e. The molecule has 4 heteroatoms. The first-order valence-electron chi connectivity index (χ1n) is 5.12. The fourth-order valence-electron chi connectivity index (χ4n) is 0.978. The molecule has 0 spiro atoms. The van der Waals surface area contributed by atoms with E-state index in [1.807, 2.05) is 32.5 Å². The van der Waals surface area contributed by atoms with Gasteiger partial charge in [0.2, 0.25) is 5.91 Å². The Hall–Kier alpha value is -0.220. The summed E-state index contributed by atoms with van der Waals surface area (Å²) in [5, 5.41) is 2.91. The number of carbonyl (C=O) groups excluding carboxylic acids is 1. The van der Waals surface area contributed by atoms with Gasteiger partial charge in [-0.3, -0.25) is 4.79 Å². The van der Waals surface area contributed by atoms with Gasteiger partial charge in [0, 0.05) is 11.8 Å². The van der Waals surface area contributed by atoms with Gasteiger partial charge in [0.05, 0.1) is 6.04 Å².